The molecular formula is C12H22N2O. The maximum atomic E-state index is 9.07. The van der Waals surface area contributed by atoms with Gasteiger partial charge < -0.3 is 4.74 Å². The summed E-state index contributed by atoms with van der Waals surface area (Å²) in [6, 6.07) is 2.89. The molecule has 86 valence electrons. The first-order chi connectivity index (χ1) is 7.29. The molecule has 15 heavy (non-hydrogen) atoms. The van der Waals surface area contributed by atoms with E-state index < -0.39 is 0 Å². The Morgan fingerprint density at radius 3 is 2.80 bits per heavy atom. The summed E-state index contributed by atoms with van der Waals surface area (Å²) >= 11 is 0. The van der Waals surface area contributed by atoms with Crippen LogP contribution >= 0.6 is 0 Å². The van der Waals surface area contributed by atoms with Gasteiger partial charge in [0, 0.05) is 19.2 Å². The Kier molecular flexibility index (Phi) is 5.67. The molecule has 0 bridgehead atoms. The van der Waals surface area contributed by atoms with Crippen LogP contribution in [0.5, 0.6) is 0 Å². The molecule has 2 unspecified atom stereocenters. The Hall–Kier alpha value is -0.590. The van der Waals surface area contributed by atoms with E-state index >= 15 is 0 Å². The molecule has 3 heteroatoms. The smallest absolute Gasteiger partial charge is 0.0672 e. The minimum atomic E-state index is 0.227. The quantitative estimate of drug-likeness (QED) is 0.651. The third-order valence-corrected chi connectivity index (χ3v) is 3.25. The summed E-state index contributed by atoms with van der Waals surface area (Å²) in [6.45, 7) is 4.51. The van der Waals surface area contributed by atoms with E-state index in [0.29, 0.717) is 6.04 Å². The summed E-state index contributed by atoms with van der Waals surface area (Å²) in [7, 11) is 2.11. The normalized spacial score (nSPS) is 26.5. The van der Waals surface area contributed by atoms with E-state index in [9.17, 15) is 0 Å². The van der Waals surface area contributed by atoms with E-state index in [4.69, 9.17) is 10.00 Å². The van der Waals surface area contributed by atoms with Crippen LogP contribution in [0.25, 0.3) is 0 Å². The van der Waals surface area contributed by atoms with Crippen LogP contribution in [-0.4, -0.2) is 37.7 Å². The molecule has 0 radical (unpaired) electrons. The molecule has 1 saturated carbocycles. The summed E-state index contributed by atoms with van der Waals surface area (Å²) in [4.78, 5) is 2.29. The van der Waals surface area contributed by atoms with E-state index in [-0.39, 0.29) is 5.92 Å². The lowest BCUT2D eigenvalue weighted by Gasteiger charge is -2.34. The lowest BCUT2D eigenvalue weighted by Crippen LogP contribution is -2.41. The van der Waals surface area contributed by atoms with Crippen LogP contribution in [0.3, 0.4) is 0 Å². The maximum absolute atomic E-state index is 9.07. The topological polar surface area (TPSA) is 36.3 Å². The molecule has 0 aliphatic heterocycles. The highest BCUT2D eigenvalue weighted by atomic mass is 16.5. The van der Waals surface area contributed by atoms with Crippen molar-refractivity contribution in [1.29, 1.82) is 5.26 Å². The van der Waals surface area contributed by atoms with Crippen molar-refractivity contribution in [1.82, 2.24) is 4.90 Å². The number of ether oxygens (including phenoxy) is 1. The summed E-state index contributed by atoms with van der Waals surface area (Å²) in [5.74, 6) is 0.227. The largest absolute Gasteiger partial charge is 0.380 e. The van der Waals surface area contributed by atoms with Gasteiger partial charge in [0.1, 0.15) is 0 Å². The highest BCUT2D eigenvalue weighted by Gasteiger charge is 2.27. The Balaban J connectivity index is 2.35. The monoisotopic (exact) mass is 210 g/mol. The van der Waals surface area contributed by atoms with E-state index in [1.54, 1.807) is 0 Å². The van der Waals surface area contributed by atoms with Gasteiger partial charge in [-0.05, 0) is 26.8 Å². The van der Waals surface area contributed by atoms with Crippen molar-refractivity contribution >= 4 is 0 Å². The van der Waals surface area contributed by atoms with Gasteiger partial charge in [-0.3, -0.25) is 4.90 Å². The van der Waals surface area contributed by atoms with Crippen molar-refractivity contribution in [2.75, 3.05) is 26.8 Å². The SMILES string of the molecule is CCOCCN(C)C1CCCCC1C#N. The van der Waals surface area contributed by atoms with Crippen LogP contribution in [0.1, 0.15) is 32.6 Å². The van der Waals surface area contributed by atoms with E-state index in [2.05, 4.69) is 18.0 Å². The molecule has 1 aliphatic rings. The minimum Gasteiger partial charge on any atom is -0.380 e. The first kappa shape index (κ1) is 12.5. The summed E-state index contributed by atoms with van der Waals surface area (Å²) < 4.78 is 5.34. The highest BCUT2D eigenvalue weighted by molar-refractivity contribution is 4.94. The zero-order valence-corrected chi connectivity index (χ0v) is 9.91. The lowest BCUT2D eigenvalue weighted by atomic mass is 9.85. The lowest BCUT2D eigenvalue weighted by molar-refractivity contribution is 0.0868. The van der Waals surface area contributed by atoms with Crippen LogP contribution in [0.4, 0.5) is 0 Å². The fourth-order valence-corrected chi connectivity index (χ4v) is 2.31. The first-order valence-corrected chi connectivity index (χ1v) is 5.97. The van der Waals surface area contributed by atoms with Crippen molar-refractivity contribution in [3.8, 4) is 6.07 Å². The number of nitriles is 1. The van der Waals surface area contributed by atoms with Gasteiger partial charge in [0.15, 0.2) is 0 Å². The van der Waals surface area contributed by atoms with Crippen LogP contribution in [-0.2, 0) is 4.74 Å². The molecule has 0 N–H and O–H groups in total. The van der Waals surface area contributed by atoms with Crippen molar-refractivity contribution in [2.24, 2.45) is 5.92 Å². The van der Waals surface area contributed by atoms with Gasteiger partial charge in [-0.15, -0.1) is 0 Å². The third-order valence-electron chi connectivity index (χ3n) is 3.25. The van der Waals surface area contributed by atoms with E-state index in [1.165, 1.54) is 19.3 Å². The molecule has 0 amide bonds. The van der Waals surface area contributed by atoms with Crippen LogP contribution in [0.15, 0.2) is 0 Å². The Morgan fingerprint density at radius 2 is 2.13 bits per heavy atom. The molecule has 0 aromatic rings. The summed E-state index contributed by atoms with van der Waals surface area (Å²) in [5, 5.41) is 9.07. The van der Waals surface area contributed by atoms with Gasteiger partial charge in [0.25, 0.3) is 0 Å². The molecule has 1 rings (SSSR count). The Bertz CT molecular complexity index is 212. The number of rotatable bonds is 5. The molecule has 0 aromatic heterocycles. The van der Waals surface area contributed by atoms with Gasteiger partial charge in [-0.1, -0.05) is 12.8 Å². The standard InChI is InChI=1S/C12H22N2O/c1-3-15-9-8-14(2)12-7-5-4-6-11(12)10-13/h11-12H,3-9H2,1-2H3. The fraction of sp³-hybridized carbons (Fsp3) is 0.917. The van der Waals surface area contributed by atoms with Gasteiger partial charge in [-0.2, -0.15) is 5.26 Å². The number of nitrogens with zero attached hydrogens (tertiary/aromatic N) is 2. The van der Waals surface area contributed by atoms with E-state index in [1.807, 2.05) is 6.92 Å². The Morgan fingerprint density at radius 1 is 1.40 bits per heavy atom. The first-order valence-electron chi connectivity index (χ1n) is 5.97. The molecule has 0 heterocycles. The molecular weight excluding hydrogens is 188 g/mol. The van der Waals surface area contributed by atoms with Gasteiger partial charge in [-0.25, -0.2) is 0 Å². The van der Waals surface area contributed by atoms with Gasteiger partial charge in [0.2, 0.25) is 0 Å². The average Bonchev–Trinajstić information content (AvgIpc) is 2.29. The van der Waals surface area contributed by atoms with Crippen molar-refractivity contribution in [2.45, 2.75) is 38.6 Å². The predicted molar refractivity (Wildman–Crippen MR) is 60.5 cm³/mol. The summed E-state index contributed by atoms with van der Waals surface area (Å²) in [5.41, 5.74) is 0. The zero-order valence-electron chi connectivity index (χ0n) is 9.91. The molecule has 1 aliphatic carbocycles. The second kappa shape index (κ2) is 6.81. The number of hydrogen-bond acceptors (Lipinski definition) is 3. The molecule has 3 nitrogen and oxygen atoms in total. The number of likely N-dealkylation sites (N-methyl/N-ethyl adjacent to an activating group) is 1. The van der Waals surface area contributed by atoms with Crippen LogP contribution in [0, 0.1) is 17.2 Å². The molecule has 0 aromatic carbocycles. The zero-order chi connectivity index (χ0) is 11.1. The molecule has 0 spiro atoms. The summed E-state index contributed by atoms with van der Waals surface area (Å²) in [6.07, 6.45) is 4.72. The average molecular weight is 210 g/mol. The fourth-order valence-electron chi connectivity index (χ4n) is 2.31. The van der Waals surface area contributed by atoms with Gasteiger partial charge in [0.05, 0.1) is 18.6 Å². The molecule has 0 saturated heterocycles. The molecule has 1 fully saturated rings. The Labute approximate surface area is 93.0 Å². The van der Waals surface area contributed by atoms with Crippen LogP contribution in [0.2, 0.25) is 0 Å². The molecule has 2 atom stereocenters. The van der Waals surface area contributed by atoms with Crippen molar-refractivity contribution < 1.29 is 4.74 Å². The van der Waals surface area contributed by atoms with E-state index in [0.717, 1.165) is 26.2 Å². The van der Waals surface area contributed by atoms with Crippen molar-refractivity contribution in [3.63, 3.8) is 0 Å². The maximum Gasteiger partial charge on any atom is 0.0672 e. The minimum absolute atomic E-state index is 0.227. The van der Waals surface area contributed by atoms with Crippen LogP contribution < -0.4 is 0 Å². The second-order valence-corrected chi connectivity index (χ2v) is 4.26. The second-order valence-electron chi connectivity index (χ2n) is 4.26. The van der Waals surface area contributed by atoms with Crippen molar-refractivity contribution in [3.05, 3.63) is 0 Å². The van der Waals surface area contributed by atoms with Gasteiger partial charge >= 0.3 is 0 Å². The third kappa shape index (κ3) is 3.81. The predicted octanol–water partition coefficient (Wildman–Crippen LogP) is 2.04. The number of hydrogen-bond donors (Lipinski definition) is 0. The highest BCUT2D eigenvalue weighted by Crippen LogP contribution is 2.27.